The molecule has 0 N–H and O–H groups in total. The quantitative estimate of drug-likeness (QED) is 0.477. The maximum atomic E-state index is 12.9. The number of rotatable bonds is 4. The number of Topliss-reactive ketones (excluding diaryl/α,β-unsaturated/α-hetero) is 1. The number of ketones is 1. The van der Waals surface area contributed by atoms with Crippen LogP contribution in [0.4, 0.5) is 4.39 Å². The summed E-state index contributed by atoms with van der Waals surface area (Å²) in [7, 11) is 0. The average Bonchev–Trinajstić information content (AvgIpc) is 2.89. The van der Waals surface area contributed by atoms with Crippen LogP contribution in [0.3, 0.4) is 0 Å². The first-order valence-electron chi connectivity index (χ1n) is 6.65. The summed E-state index contributed by atoms with van der Waals surface area (Å²) < 4.78 is 19.9. The highest BCUT2D eigenvalue weighted by molar-refractivity contribution is 14.1. The van der Waals surface area contributed by atoms with E-state index in [-0.39, 0.29) is 18.2 Å². The van der Waals surface area contributed by atoms with Crippen molar-refractivity contribution in [1.82, 2.24) is 9.78 Å². The number of hydrogen-bond donors (Lipinski definition) is 0. The lowest BCUT2D eigenvalue weighted by atomic mass is 10.1. The van der Waals surface area contributed by atoms with E-state index < -0.39 is 11.6 Å². The smallest absolute Gasteiger partial charge is 0.388 e. The molecule has 2 aromatic carbocycles. The third-order valence-corrected chi connectivity index (χ3v) is 3.88. The topological polar surface area (TPSA) is 65.1 Å². The molecule has 0 amide bonds. The minimum Gasteiger partial charge on any atom is -0.388 e. The third-order valence-electron chi connectivity index (χ3n) is 3.16. The molecule has 1 aromatic heterocycles. The van der Waals surface area contributed by atoms with Crippen LogP contribution in [0, 0.1) is 9.39 Å². The fraction of sp³-hybridized carbons (Fsp3) is 0.0625. The van der Waals surface area contributed by atoms with Crippen LogP contribution in [-0.2, 0) is 6.54 Å². The molecule has 0 aliphatic rings. The third kappa shape index (κ3) is 3.55. The number of halogens is 2. The highest BCUT2D eigenvalue weighted by Crippen LogP contribution is 2.15. The van der Waals surface area contributed by atoms with Crippen molar-refractivity contribution in [3.05, 3.63) is 74.0 Å². The van der Waals surface area contributed by atoms with Crippen molar-refractivity contribution in [1.29, 1.82) is 0 Å². The zero-order chi connectivity index (χ0) is 16.4. The first-order valence-corrected chi connectivity index (χ1v) is 7.73. The number of benzene rings is 2. The highest BCUT2D eigenvalue weighted by atomic mass is 127. The molecule has 23 heavy (non-hydrogen) atoms. The largest absolute Gasteiger partial charge is 0.437 e. The molecule has 0 bridgehead atoms. The highest BCUT2D eigenvalue weighted by Gasteiger charge is 2.14. The molecular formula is C16H10FIN2O3. The predicted octanol–water partition coefficient (Wildman–Crippen LogP) is 3.13. The fourth-order valence-corrected chi connectivity index (χ4v) is 2.34. The molecule has 1 heterocycles. The molecule has 0 saturated carbocycles. The van der Waals surface area contributed by atoms with E-state index in [1.165, 1.54) is 24.3 Å². The Hall–Kier alpha value is -2.29. The van der Waals surface area contributed by atoms with Crippen molar-refractivity contribution >= 4 is 28.4 Å². The molecule has 0 fully saturated rings. The van der Waals surface area contributed by atoms with E-state index in [1.54, 1.807) is 12.1 Å². The van der Waals surface area contributed by atoms with Gasteiger partial charge in [-0.1, -0.05) is 12.1 Å². The summed E-state index contributed by atoms with van der Waals surface area (Å²) >= 11 is 2.14. The molecule has 0 radical (unpaired) electrons. The van der Waals surface area contributed by atoms with Gasteiger partial charge in [-0.15, -0.1) is 5.10 Å². The van der Waals surface area contributed by atoms with E-state index in [0.29, 0.717) is 11.1 Å². The molecule has 3 rings (SSSR count). The van der Waals surface area contributed by atoms with Gasteiger partial charge in [0, 0.05) is 14.7 Å². The maximum absolute atomic E-state index is 12.9. The second kappa shape index (κ2) is 6.45. The van der Waals surface area contributed by atoms with Crippen molar-refractivity contribution in [3.8, 4) is 11.5 Å². The molecule has 116 valence electrons. The minimum atomic E-state index is -0.733. The summed E-state index contributed by atoms with van der Waals surface area (Å²) in [5.74, 6) is -1.33. The molecule has 0 atom stereocenters. The van der Waals surface area contributed by atoms with Crippen LogP contribution in [0.2, 0.25) is 0 Å². The molecule has 0 aliphatic heterocycles. The summed E-state index contributed by atoms with van der Waals surface area (Å²) in [5, 5.41) is 3.99. The second-order valence-electron chi connectivity index (χ2n) is 4.77. The lowest BCUT2D eigenvalue weighted by Gasteiger charge is -2.00. The Balaban J connectivity index is 1.84. The van der Waals surface area contributed by atoms with Crippen molar-refractivity contribution < 1.29 is 13.6 Å². The molecule has 0 saturated heterocycles. The van der Waals surface area contributed by atoms with Gasteiger partial charge in [-0.25, -0.2) is 9.18 Å². The van der Waals surface area contributed by atoms with E-state index in [1.807, 2.05) is 12.1 Å². The van der Waals surface area contributed by atoms with Crippen molar-refractivity contribution in [2.45, 2.75) is 6.54 Å². The van der Waals surface area contributed by atoms with Crippen LogP contribution in [0.1, 0.15) is 10.4 Å². The van der Waals surface area contributed by atoms with Gasteiger partial charge in [0.25, 0.3) is 0 Å². The van der Waals surface area contributed by atoms with Gasteiger partial charge in [-0.2, -0.15) is 4.68 Å². The van der Waals surface area contributed by atoms with Crippen molar-refractivity contribution in [3.63, 3.8) is 0 Å². The molecule has 0 aliphatic carbocycles. The van der Waals surface area contributed by atoms with Gasteiger partial charge >= 0.3 is 5.76 Å². The number of aromatic nitrogens is 2. The Kier molecular flexibility index (Phi) is 4.37. The first-order chi connectivity index (χ1) is 11.0. The van der Waals surface area contributed by atoms with Crippen molar-refractivity contribution in [2.24, 2.45) is 0 Å². The van der Waals surface area contributed by atoms with E-state index in [9.17, 15) is 14.0 Å². The average molecular weight is 424 g/mol. The van der Waals surface area contributed by atoms with E-state index in [4.69, 9.17) is 4.42 Å². The summed E-state index contributed by atoms with van der Waals surface area (Å²) in [6.07, 6.45) is 0. The van der Waals surface area contributed by atoms with Crippen LogP contribution in [0.5, 0.6) is 0 Å². The molecule has 3 aromatic rings. The Morgan fingerprint density at radius 3 is 2.43 bits per heavy atom. The Morgan fingerprint density at radius 2 is 1.78 bits per heavy atom. The summed E-state index contributed by atoms with van der Waals surface area (Å²) in [5.41, 5.74) is 0.951. The van der Waals surface area contributed by atoms with Gasteiger partial charge in [0.15, 0.2) is 5.78 Å². The Morgan fingerprint density at radius 1 is 1.13 bits per heavy atom. The SMILES string of the molecule is O=C(Cn1nc(-c2ccc(F)cc2)oc1=O)c1ccc(I)cc1. The minimum absolute atomic E-state index is 0.0467. The monoisotopic (exact) mass is 424 g/mol. The predicted molar refractivity (Wildman–Crippen MR) is 89.6 cm³/mol. The number of nitrogens with zero attached hydrogens (tertiary/aromatic N) is 2. The zero-order valence-electron chi connectivity index (χ0n) is 11.7. The molecular weight excluding hydrogens is 414 g/mol. The molecule has 0 spiro atoms. The summed E-state index contributed by atoms with van der Waals surface area (Å²) in [6.45, 7) is -0.218. The second-order valence-corrected chi connectivity index (χ2v) is 6.01. The van der Waals surface area contributed by atoms with Crippen LogP contribution < -0.4 is 5.76 Å². The maximum Gasteiger partial charge on any atom is 0.437 e. The molecule has 5 nitrogen and oxygen atoms in total. The van der Waals surface area contributed by atoms with Crippen molar-refractivity contribution in [2.75, 3.05) is 0 Å². The fourth-order valence-electron chi connectivity index (χ4n) is 1.98. The standard InChI is InChI=1S/C16H10FIN2O3/c17-12-5-1-11(2-6-12)15-19-20(16(22)23-15)9-14(21)10-3-7-13(18)8-4-10/h1-8H,9H2. The van der Waals surface area contributed by atoms with E-state index in [0.717, 1.165) is 8.25 Å². The van der Waals surface area contributed by atoms with Crippen LogP contribution in [0.15, 0.2) is 57.7 Å². The lowest BCUT2D eigenvalue weighted by Crippen LogP contribution is -2.21. The Labute approximate surface area is 143 Å². The first kappa shape index (κ1) is 15.6. The van der Waals surface area contributed by atoms with Gasteiger partial charge in [0.1, 0.15) is 12.4 Å². The normalized spacial score (nSPS) is 10.7. The van der Waals surface area contributed by atoms with Gasteiger partial charge in [0.2, 0.25) is 5.89 Å². The van der Waals surface area contributed by atoms with E-state index in [2.05, 4.69) is 27.7 Å². The summed E-state index contributed by atoms with van der Waals surface area (Å²) in [4.78, 5) is 24.0. The van der Waals surface area contributed by atoms with Crippen LogP contribution >= 0.6 is 22.6 Å². The van der Waals surface area contributed by atoms with Crippen LogP contribution in [0.25, 0.3) is 11.5 Å². The Bertz CT molecular complexity index is 898. The summed E-state index contributed by atoms with van der Waals surface area (Å²) in [6, 6.07) is 12.4. The van der Waals surface area contributed by atoms with Gasteiger partial charge in [0.05, 0.1) is 0 Å². The zero-order valence-corrected chi connectivity index (χ0v) is 13.9. The molecule has 7 heteroatoms. The lowest BCUT2D eigenvalue weighted by molar-refractivity contribution is 0.0965. The van der Waals surface area contributed by atoms with Gasteiger partial charge in [-0.05, 0) is 59.0 Å². The van der Waals surface area contributed by atoms with Crippen LogP contribution in [-0.4, -0.2) is 15.6 Å². The number of carbonyl (C=O) groups excluding carboxylic acids is 1. The van der Waals surface area contributed by atoms with Gasteiger partial charge in [-0.3, -0.25) is 4.79 Å². The number of carbonyl (C=O) groups is 1. The van der Waals surface area contributed by atoms with E-state index >= 15 is 0 Å². The van der Waals surface area contributed by atoms with Gasteiger partial charge < -0.3 is 4.42 Å². The number of hydrogen-bond acceptors (Lipinski definition) is 4. The molecule has 0 unspecified atom stereocenters.